The molecule has 0 saturated carbocycles. The van der Waals surface area contributed by atoms with E-state index in [2.05, 4.69) is 41.0 Å². The summed E-state index contributed by atoms with van der Waals surface area (Å²) in [5.74, 6) is 0. The van der Waals surface area contributed by atoms with Crippen molar-refractivity contribution >= 4 is 34.9 Å². The number of hydrogen-bond acceptors (Lipinski definition) is 6. The molecule has 0 radical (unpaired) electrons. The van der Waals surface area contributed by atoms with Crippen molar-refractivity contribution in [2.75, 3.05) is 23.7 Å². The molecule has 0 saturated heterocycles. The molecule has 0 fully saturated rings. The minimum absolute atomic E-state index is 0.308. The number of rotatable bonds is 4. The Morgan fingerprint density at radius 3 is 1.94 bits per heavy atom. The third-order valence-corrected chi connectivity index (χ3v) is 5.63. The van der Waals surface area contributed by atoms with E-state index in [-0.39, 0.29) is 11.4 Å². The summed E-state index contributed by atoms with van der Waals surface area (Å²) in [5.41, 5.74) is 6.89. The molecule has 158 valence electrons. The third-order valence-electron chi connectivity index (χ3n) is 5.63. The maximum absolute atomic E-state index is 11.2. The first-order valence-corrected chi connectivity index (χ1v) is 10.1. The second kappa shape index (κ2) is 7.66. The first-order valence-electron chi connectivity index (χ1n) is 10.1. The minimum atomic E-state index is -0.620. The van der Waals surface area contributed by atoms with E-state index in [1.165, 1.54) is 12.1 Å². The van der Waals surface area contributed by atoms with Gasteiger partial charge >= 0.3 is 0 Å². The fourth-order valence-corrected chi connectivity index (χ4v) is 4.14. The molecule has 0 amide bonds. The molecule has 5 rings (SSSR count). The highest BCUT2D eigenvalue weighted by atomic mass is 16.6. The van der Waals surface area contributed by atoms with Gasteiger partial charge in [0.1, 0.15) is 0 Å². The molecule has 0 atom stereocenters. The number of nitro benzene ring substituents is 2. The Labute approximate surface area is 183 Å². The lowest BCUT2D eigenvalue weighted by molar-refractivity contribution is -0.394. The lowest BCUT2D eigenvalue weighted by Gasteiger charge is -2.25. The average molecular weight is 426 g/mol. The van der Waals surface area contributed by atoms with Crippen LogP contribution in [0.2, 0.25) is 0 Å². The van der Waals surface area contributed by atoms with Crippen molar-refractivity contribution in [1.29, 1.82) is 0 Å². The van der Waals surface area contributed by atoms with Crippen molar-refractivity contribution in [2.24, 2.45) is 0 Å². The number of benzene rings is 3. The van der Waals surface area contributed by atoms with E-state index in [0.717, 1.165) is 52.8 Å². The first-order chi connectivity index (χ1) is 15.5. The molecule has 8 heteroatoms. The molecule has 2 heterocycles. The van der Waals surface area contributed by atoms with E-state index >= 15 is 0 Å². The van der Waals surface area contributed by atoms with Crippen LogP contribution in [0.15, 0.2) is 60.7 Å². The summed E-state index contributed by atoms with van der Waals surface area (Å²) in [5, 5.41) is 29.3. The number of nitrogens with one attached hydrogen (secondary N) is 2. The highest BCUT2D eigenvalue weighted by molar-refractivity contribution is 5.96. The SMILES string of the molecule is O=[N+]([O-])c1cc(-c2ccc(-c3cc4c(c5c3C=CCN5)NCC=C4)cc2)cc([N+](=O)[O-])c1. The second-order valence-corrected chi connectivity index (χ2v) is 7.57. The molecular formula is C24H18N4O4. The van der Waals surface area contributed by atoms with Gasteiger partial charge in [0.2, 0.25) is 0 Å². The quantitative estimate of drug-likeness (QED) is 0.408. The van der Waals surface area contributed by atoms with E-state index < -0.39 is 9.85 Å². The van der Waals surface area contributed by atoms with Crippen LogP contribution in [-0.4, -0.2) is 22.9 Å². The van der Waals surface area contributed by atoms with Crippen molar-refractivity contribution in [3.05, 3.63) is 92.0 Å². The van der Waals surface area contributed by atoms with E-state index in [9.17, 15) is 20.2 Å². The number of non-ortho nitro benzene ring substituents is 2. The van der Waals surface area contributed by atoms with E-state index in [0.29, 0.717) is 11.1 Å². The van der Waals surface area contributed by atoms with Crippen LogP contribution < -0.4 is 10.6 Å². The van der Waals surface area contributed by atoms with Gasteiger partial charge in [0.05, 0.1) is 27.3 Å². The Morgan fingerprint density at radius 2 is 1.28 bits per heavy atom. The zero-order valence-electron chi connectivity index (χ0n) is 16.9. The van der Waals surface area contributed by atoms with Gasteiger partial charge in [-0.25, -0.2) is 0 Å². The van der Waals surface area contributed by atoms with E-state index in [1.54, 1.807) is 0 Å². The summed E-state index contributed by atoms with van der Waals surface area (Å²) < 4.78 is 0. The lowest BCUT2D eigenvalue weighted by Crippen LogP contribution is -2.13. The summed E-state index contributed by atoms with van der Waals surface area (Å²) >= 11 is 0. The molecule has 0 aliphatic carbocycles. The summed E-state index contributed by atoms with van der Waals surface area (Å²) in [6.07, 6.45) is 8.37. The van der Waals surface area contributed by atoms with Crippen LogP contribution in [-0.2, 0) is 0 Å². The maximum Gasteiger partial charge on any atom is 0.276 e. The lowest BCUT2D eigenvalue weighted by atomic mass is 9.90. The highest BCUT2D eigenvalue weighted by Crippen LogP contribution is 2.42. The molecule has 3 aromatic rings. The van der Waals surface area contributed by atoms with Crippen LogP contribution in [0.1, 0.15) is 11.1 Å². The van der Waals surface area contributed by atoms with Crippen molar-refractivity contribution in [1.82, 2.24) is 0 Å². The fourth-order valence-electron chi connectivity index (χ4n) is 4.14. The molecule has 2 aliphatic heterocycles. The van der Waals surface area contributed by atoms with Crippen molar-refractivity contribution < 1.29 is 9.85 Å². The largest absolute Gasteiger partial charge is 0.379 e. The predicted octanol–water partition coefficient (Wildman–Crippen LogP) is 5.71. The zero-order chi connectivity index (χ0) is 22.2. The number of nitro groups is 2. The fraction of sp³-hybridized carbons (Fsp3) is 0.0833. The van der Waals surface area contributed by atoms with Crippen LogP contribution in [0.3, 0.4) is 0 Å². The topological polar surface area (TPSA) is 110 Å². The van der Waals surface area contributed by atoms with Gasteiger partial charge in [0, 0.05) is 36.3 Å². The Hall–Kier alpha value is -4.46. The number of anilines is 2. The van der Waals surface area contributed by atoms with Gasteiger partial charge in [-0.1, -0.05) is 48.6 Å². The van der Waals surface area contributed by atoms with Gasteiger partial charge < -0.3 is 10.6 Å². The molecule has 2 N–H and O–H groups in total. The molecule has 0 bridgehead atoms. The van der Waals surface area contributed by atoms with Gasteiger partial charge in [0.25, 0.3) is 11.4 Å². The van der Waals surface area contributed by atoms with E-state index in [4.69, 9.17) is 0 Å². The Bertz CT molecular complexity index is 1290. The van der Waals surface area contributed by atoms with Crippen molar-refractivity contribution in [3.63, 3.8) is 0 Å². The van der Waals surface area contributed by atoms with Gasteiger partial charge in [-0.15, -0.1) is 0 Å². The minimum Gasteiger partial charge on any atom is -0.379 e. The van der Waals surface area contributed by atoms with Gasteiger partial charge in [-0.05, 0) is 28.3 Å². The molecule has 3 aromatic carbocycles. The summed E-state index contributed by atoms with van der Waals surface area (Å²) in [4.78, 5) is 21.2. The van der Waals surface area contributed by atoms with Gasteiger partial charge in [0.15, 0.2) is 0 Å². The predicted molar refractivity (Wildman–Crippen MR) is 126 cm³/mol. The van der Waals surface area contributed by atoms with Crippen molar-refractivity contribution in [3.8, 4) is 22.3 Å². The first kappa shape index (κ1) is 19.5. The zero-order valence-corrected chi connectivity index (χ0v) is 16.9. The standard InChI is InChI=1S/C24H18N4O4/c29-27(30)19-11-18(12-20(14-19)28(31)32)15-5-7-16(8-6-15)22-13-17-3-1-9-25-23(17)24-21(22)4-2-10-26-24/h1-8,11-14,25-26H,9-10H2. The maximum atomic E-state index is 11.2. The molecule has 2 aliphatic rings. The monoisotopic (exact) mass is 426 g/mol. The summed E-state index contributed by atoms with van der Waals surface area (Å²) in [6, 6.07) is 13.3. The molecule has 0 spiro atoms. The Kier molecular flexibility index (Phi) is 4.67. The molecule has 8 nitrogen and oxygen atoms in total. The third kappa shape index (κ3) is 3.37. The van der Waals surface area contributed by atoms with Gasteiger partial charge in [-0.2, -0.15) is 0 Å². The van der Waals surface area contributed by atoms with Crippen molar-refractivity contribution in [2.45, 2.75) is 0 Å². The van der Waals surface area contributed by atoms with Crippen LogP contribution >= 0.6 is 0 Å². The molecule has 0 aromatic heterocycles. The van der Waals surface area contributed by atoms with E-state index in [1.807, 2.05) is 24.3 Å². The summed E-state index contributed by atoms with van der Waals surface area (Å²) in [6.45, 7) is 1.55. The molecule has 32 heavy (non-hydrogen) atoms. The summed E-state index contributed by atoms with van der Waals surface area (Å²) in [7, 11) is 0. The Balaban J connectivity index is 1.59. The number of hydrogen-bond donors (Lipinski definition) is 2. The Morgan fingerprint density at radius 1 is 0.688 bits per heavy atom. The normalized spacial score (nSPS) is 13.5. The second-order valence-electron chi connectivity index (χ2n) is 7.57. The molecular weight excluding hydrogens is 408 g/mol. The smallest absolute Gasteiger partial charge is 0.276 e. The highest BCUT2D eigenvalue weighted by Gasteiger charge is 2.20. The number of fused-ring (bicyclic) bond motifs is 3. The number of nitrogens with zero attached hydrogens (tertiary/aromatic N) is 2. The van der Waals surface area contributed by atoms with Crippen LogP contribution in [0.5, 0.6) is 0 Å². The van der Waals surface area contributed by atoms with Crippen LogP contribution in [0.25, 0.3) is 34.4 Å². The molecule has 0 unspecified atom stereocenters. The van der Waals surface area contributed by atoms with Gasteiger partial charge in [-0.3, -0.25) is 20.2 Å². The van der Waals surface area contributed by atoms with Crippen LogP contribution in [0.4, 0.5) is 22.7 Å². The average Bonchev–Trinajstić information content (AvgIpc) is 2.83. The van der Waals surface area contributed by atoms with Crippen LogP contribution in [0, 0.1) is 20.2 Å².